The molecule has 0 aliphatic heterocycles. The fourth-order valence-electron chi connectivity index (χ4n) is 1.80. The van der Waals surface area contributed by atoms with E-state index < -0.39 is 0 Å². The largest absolute Gasteiger partial charge is 0.361 e. The molecule has 2 aromatic rings. The molecule has 1 aromatic heterocycles. The van der Waals surface area contributed by atoms with Crippen LogP contribution in [0.25, 0.3) is 0 Å². The maximum Gasteiger partial charge on any atom is 0.232 e. The Morgan fingerprint density at radius 1 is 1.39 bits per heavy atom. The Labute approximate surface area is 106 Å². The first kappa shape index (κ1) is 12.4. The van der Waals surface area contributed by atoms with Crippen molar-refractivity contribution in [1.82, 2.24) is 5.16 Å². The van der Waals surface area contributed by atoms with Gasteiger partial charge in [-0.05, 0) is 25.0 Å². The van der Waals surface area contributed by atoms with Crippen molar-refractivity contribution >= 4 is 11.6 Å². The maximum absolute atomic E-state index is 11.9. The minimum atomic E-state index is -0.0907. The molecule has 0 bridgehead atoms. The van der Waals surface area contributed by atoms with Crippen molar-refractivity contribution < 1.29 is 9.32 Å². The molecule has 94 valence electrons. The number of nitrogens with one attached hydrogen (secondary N) is 1. The van der Waals surface area contributed by atoms with Gasteiger partial charge in [-0.3, -0.25) is 4.79 Å². The van der Waals surface area contributed by atoms with Gasteiger partial charge >= 0.3 is 0 Å². The monoisotopic (exact) mass is 244 g/mol. The van der Waals surface area contributed by atoms with Gasteiger partial charge in [0.05, 0.1) is 12.1 Å². The van der Waals surface area contributed by atoms with Gasteiger partial charge in [-0.2, -0.15) is 0 Å². The van der Waals surface area contributed by atoms with Crippen LogP contribution < -0.4 is 5.32 Å². The van der Waals surface area contributed by atoms with Crippen LogP contribution in [0.5, 0.6) is 0 Å². The number of hydrogen-bond acceptors (Lipinski definition) is 3. The summed E-state index contributed by atoms with van der Waals surface area (Å²) in [5.41, 5.74) is 2.77. The second-order valence-corrected chi connectivity index (χ2v) is 4.17. The minimum absolute atomic E-state index is 0.0907. The van der Waals surface area contributed by atoms with Crippen LogP contribution in [-0.2, 0) is 17.6 Å². The summed E-state index contributed by atoms with van der Waals surface area (Å²) in [6, 6.07) is 9.56. The summed E-state index contributed by atoms with van der Waals surface area (Å²) in [6.45, 7) is 3.89. The van der Waals surface area contributed by atoms with E-state index in [4.69, 9.17) is 4.52 Å². The number of aromatic nitrogens is 1. The van der Waals surface area contributed by atoms with Gasteiger partial charge < -0.3 is 9.84 Å². The van der Waals surface area contributed by atoms with Crippen LogP contribution >= 0.6 is 0 Å². The van der Waals surface area contributed by atoms with E-state index in [2.05, 4.69) is 17.4 Å². The molecular weight excluding hydrogens is 228 g/mol. The molecule has 1 N–H and O–H groups in total. The van der Waals surface area contributed by atoms with Gasteiger partial charge in [0.1, 0.15) is 5.76 Å². The third-order valence-corrected chi connectivity index (χ3v) is 2.68. The van der Waals surface area contributed by atoms with E-state index in [1.54, 1.807) is 6.07 Å². The fraction of sp³-hybridized carbons (Fsp3) is 0.286. The van der Waals surface area contributed by atoms with Gasteiger partial charge in [-0.15, -0.1) is 0 Å². The molecule has 0 unspecified atom stereocenters. The summed E-state index contributed by atoms with van der Waals surface area (Å²) in [5, 5.41) is 6.65. The highest BCUT2D eigenvalue weighted by Gasteiger charge is 2.09. The van der Waals surface area contributed by atoms with Gasteiger partial charge in [-0.1, -0.05) is 30.3 Å². The zero-order chi connectivity index (χ0) is 13.0. The Balaban J connectivity index is 2.03. The highest BCUT2D eigenvalue weighted by molar-refractivity contribution is 5.92. The molecule has 2 rings (SSSR count). The average Bonchev–Trinajstić information content (AvgIpc) is 2.75. The second kappa shape index (κ2) is 5.49. The van der Waals surface area contributed by atoms with E-state index in [-0.39, 0.29) is 12.3 Å². The highest BCUT2D eigenvalue weighted by atomic mass is 16.5. The highest BCUT2D eigenvalue weighted by Crippen LogP contribution is 2.16. The number of nitrogens with zero attached hydrogens (tertiary/aromatic N) is 1. The number of para-hydroxylation sites is 1. The van der Waals surface area contributed by atoms with Crippen molar-refractivity contribution in [1.29, 1.82) is 0 Å². The lowest BCUT2D eigenvalue weighted by Gasteiger charge is -2.08. The Morgan fingerprint density at radius 3 is 2.83 bits per heavy atom. The number of benzene rings is 1. The van der Waals surface area contributed by atoms with Crippen molar-refractivity contribution in [3.05, 3.63) is 47.3 Å². The predicted octanol–water partition coefficient (Wildman–Crippen LogP) is 2.73. The summed E-state index contributed by atoms with van der Waals surface area (Å²) in [5.74, 6) is 0.492. The first-order valence-electron chi connectivity index (χ1n) is 5.99. The van der Waals surface area contributed by atoms with E-state index in [0.717, 1.165) is 23.4 Å². The summed E-state index contributed by atoms with van der Waals surface area (Å²) in [7, 11) is 0. The lowest BCUT2D eigenvalue weighted by molar-refractivity contribution is -0.115. The summed E-state index contributed by atoms with van der Waals surface area (Å²) in [4.78, 5) is 11.9. The summed E-state index contributed by atoms with van der Waals surface area (Å²) >= 11 is 0. The van der Waals surface area contributed by atoms with E-state index >= 15 is 0 Å². The molecule has 0 saturated heterocycles. The molecule has 0 radical (unpaired) electrons. The number of rotatable bonds is 4. The van der Waals surface area contributed by atoms with Crippen LogP contribution in [-0.4, -0.2) is 11.1 Å². The molecule has 1 aromatic carbocycles. The standard InChI is InChI=1S/C14H16N2O2/c1-3-11-6-4-5-7-13(11)15-14(17)9-12-8-10(2)16-18-12/h4-8H,3,9H2,1-2H3,(H,15,17). The van der Waals surface area contributed by atoms with E-state index in [9.17, 15) is 4.79 Å². The van der Waals surface area contributed by atoms with Gasteiger partial charge in [0.25, 0.3) is 0 Å². The molecular formula is C14H16N2O2. The minimum Gasteiger partial charge on any atom is -0.361 e. The van der Waals surface area contributed by atoms with Gasteiger partial charge in [0, 0.05) is 11.8 Å². The molecule has 1 heterocycles. The van der Waals surface area contributed by atoms with E-state index in [0.29, 0.717) is 5.76 Å². The number of carbonyl (C=O) groups is 1. The quantitative estimate of drug-likeness (QED) is 0.899. The lowest BCUT2D eigenvalue weighted by atomic mass is 10.1. The molecule has 0 atom stereocenters. The fourth-order valence-corrected chi connectivity index (χ4v) is 1.80. The van der Waals surface area contributed by atoms with Crippen LogP contribution in [0.4, 0.5) is 5.69 Å². The zero-order valence-corrected chi connectivity index (χ0v) is 10.6. The molecule has 0 spiro atoms. The zero-order valence-electron chi connectivity index (χ0n) is 10.6. The molecule has 0 fully saturated rings. The molecule has 4 nitrogen and oxygen atoms in total. The molecule has 0 aliphatic rings. The van der Waals surface area contributed by atoms with Crippen molar-refractivity contribution in [2.24, 2.45) is 0 Å². The predicted molar refractivity (Wildman–Crippen MR) is 69.4 cm³/mol. The van der Waals surface area contributed by atoms with Crippen LogP contribution in [0.1, 0.15) is 23.9 Å². The normalized spacial score (nSPS) is 10.3. The van der Waals surface area contributed by atoms with Gasteiger partial charge in [0.15, 0.2) is 0 Å². The van der Waals surface area contributed by atoms with E-state index in [1.807, 2.05) is 31.2 Å². The number of amides is 1. The maximum atomic E-state index is 11.9. The molecule has 1 amide bonds. The first-order valence-corrected chi connectivity index (χ1v) is 5.99. The van der Waals surface area contributed by atoms with Gasteiger partial charge in [-0.25, -0.2) is 0 Å². The smallest absolute Gasteiger partial charge is 0.232 e. The van der Waals surface area contributed by atoms with E-state index in [1.165, 1.54) is 0 Å². The first-order chi connectivity index (χ1) is 8.69. The van der Waals surface area contributed by atoms with Crippen molar-refractivity contribution in [3.63, 3.8) is 0 Å². The third-order valence-electron chi connectivity index (χ3n) is 2.68. The van der Waals surface area contributed by atoms with Crippen molar-refractivity contribution in [2.75, 3.05) is 5.32 Å². The molecule has 18 heavy (non-hydrogen) atoms. The summed E-state index contributed by atoms with van der Waals surface area (Å²) < 4.78 is 5.02. The Morgan fingerprint density at radius 2 is 2.17 bits per heavy atom. The number of aryl methyl sites for hydroxylation is 2. The van der Waals surface area contributed by atoms with Gasteiger partial charge in [0.2, 0.25) is 5.91 Å². The molecule has 0 aliphatic carbocycles. The SMILES string of the molecule is CCc1ccccc1NC(=O)Cc1cc(C)no1. The Kier molecular flexibility index (Phi) is 3.77. The van der Waals surface area contributed by atoms with Crippen LogP contribution in [0.15, 0.2) is 34.9 Å². The average molecular weight is 244 g/mol. The molecule has 4 heteroatoms. The van der Waals surface area contributed by atoms with Crippen LogP contribution in [0, 0.1) is 6.92 Å². The Hall–Kier alpha value is -2.10. The second-order valence-electron chi connectivity index (χ2n) is 4.17. The number of hydrogen-bond donors (Lipinski definition) is 1. The Bertz CT molecular complexity index is 546. The summed E-state index contributed by atoms with van der Waals surface area (Å²) in [6.07, 6.45) is 1.09. The third kappa shape index (κ3) is 2.97. The van der Waals surface area contributed by atoms with Crippen molar-refractivity contribution in [3.8, 4) is 0 Å². The molecule has 0 saturated carbocycles. The lowest BCUT2D eigenvalue weighted by Crippen LogP contribution is -2.15. The number of carbonyl (C=O) groups excluding carboxylic acids is 1. The van der Waals surface area contributed by atoms with Crippen LogP contribution in [0.2, 0.25) is 0 Å². The number of anilines is 1. The van der Waals surface area contributed by atoms with Crippen molar-refractivity contribution in [2.45, 2.75) is 26.7 Å². The van der Waals surface area contributed by atoms with Crippen LogP contribution in [0.3, 0.4) is 0 Å². The topological polar surface area (TPSA) is 55.1 Å².